The molecule has 0 spiro atoms. The number of hydrogen-bond donors (Lipinski definition) is 3. The second-order valence-electron chi connectivity index (χ2n) is 12.0. The maximum Gasteiger partial charge on any atom is 0.335 e. The van der Waals surface area contributed by atoms with E-state index in [1.807, 2.05) is 18.2 Å². The van der Waals surface area contributed by atoms with E-state index in [2.05, 4.69) is 49.1 Å². The lowest BCUT2D eigenvalue weighted by Crippen LogP contribution is -2.39. The van der Waals surface area contributed by atoms with Crippen LogP contribution >= 0.6 is 0 Å². The molecule has 0 radical (unpaired) electrons. The summed E-state index contributed by atoms with van der Waals surface area (Å²) in [6.45, 7) is 10.6. The predicted octanol–water partition coefficient (Wildman–Crippen LogP) is 5.29. The molecule has 1 saturated heterocycles. The summed E-state index contributed by atoms with van der Waals surface area (Å²) in [7, 11) is 0. The molecule has 4 rings (SSSR count). The van der Waals surface area contributed by atoms with Gasteiger partial charge in [-0.3, -0.25) is 9.78 Å². The van der Waals surface area contributed by atoms with Crippen molar-refractivity contribution in [2.75, 3.05) is 11.9 Å². The molecule has 2 unspecified atom stereocenters. The minimum absolute atomic E-state index is 0.0465. The summed E-state index contributed by atoms with van der Waals surface area (Å²) in [4.78, 5) is 36.8. The normalized spacial score (nSPS) is 24.9. The van der Waals surface area contributed by atoms with Gasteiger partial charge in [-0.2, -0.15) is 5.26 Å². The summed E-state index contributed by atoms with van der Waals surface area (Å²) >= 11 is 0. The average molecular weight is 506 g/mol. The Kier molecular flexibility index (Phi) is 6.99. The molecule has 2 atom stereocenters. The van der Waals surface area contributed by atoms with Crippen LogP contribution < -0.4 is 5.32 Å². The Hall–Kier alpha value is -3.51. The molecule has 196 valence electrons. The highest BCUT2D eigenvalue weighted by atomic mass is 16.5. The maximum atomic E-state index is 12.9. The van der Waals surface area contributed by atoms with E-state index in [1.54, 1.807) is 6.92 Å². The zero-order valence-electron chi connectivity index (χ0n) is 22.1. The van der Waals surface area contributed by atoms with E-state index in [4.69, 9.17) is 15.0 Å². The first-order valence-electron chi connectivity index (χ1n) is 12.7. The molecule has 0 bridgehead atoms. The van der Waals surface area contributed by atoms with Crippen molar-refractivity contribution in [1.29, 1.82) is 5.26 Å². The number of aliphatic carboxylic acids is 1. The number of aromatic nitrogens is 3. The van der Waals surface area contributed by atoms with Crippen LogP contribution in [0.4, 0.5) is 5.69 Å². The Bertz CT molecular complexity index is 1290. The monoisotopic (exact) mass is 505 g/mol. The van der Waals surface area contributed by atoms with Crippen molar-refractivity contribution in [3.05, 3.63) is 47.3 Å². The van der Waals surface area contributed by atoms with Gasteiger partial charge in [0.25, 0.3) is 5.91 Å². The van der Waals surface area contributed by atoms with E-state index in [-0.39, 0.29) is 28.3 Å². The minimum atomic E-state index is -1.31. The van der Waals surface area contributed by atoms with Crippen LogP contribution in [-0.4, -0.2) is 44.1 Å². The fraction of sp³-hybridized carbons (Fsp3) is 0.536. The number of anilines is 1. The molecule has 1 fully saturated rings. The van der Waals surface area contributed by atoms with Gasteiger partial charge in [0.1, 0.15) is 11.8 Å². The number of nitriles is 1. The third-order valence-corrected chi connectivity index (χ3v) is 7.44. The van der Waals surface area contributed by atoms with E-state index in [1.165, 1.54) is 6.20 Å². The molecule has 9 heteroatoms. The highest BCUT2D eigenvalue weighted by Crippen LogP contribution is 2.44. The summed E-state index contributed by atoms with van der Waals surface area (Å²) in [6, 6.07) is 5.63. The number of carboxylic acids is 1. The number of carbonyl (C=O) groups excluding carboxylic acids is 1. The number of nitrogens with one attached hydrogen (secondary N) is 2. The molecule has 3 N–H and O–H groups in total. The number of nitrogens with zero attached hydrogens (tertiary/aromatic N) is 3. The summed E-state index contributed by atoms with van der Waals surface area (Å²) in [5, 5.41) is 21.9. The Balaban J connectivity index is 1.73. The van der Waals surface area contributed by atoms with Gasteiger partial charge in [-0.1, -0.05) is 33.8 Å². The molecule has 9 nitrogen and oxygen atoms in total. The van der Waals surface area contributed by atoms with Gasteiger partial charge in [0.15, 0.2) is 11.4 Å². The molecule has 2 aromatic rings. The first-order valence-corrected chi connectivity index (χ1v) is 12.7. The lowest BCUT2D eigenvalue weighted by Gasteiger charge is -2.30. The third-order valence-electron chi connectivity index (χ3n) is 7.44. The molecule has 2 aliphatic rings. The number of allylic oxidation sites excluding steroid dienone is 2. The van der Waals surface area contributed by atoms with Crippen LogP contribution in [0.3, 0.4) is 0 Å². The van der Waals surface area contributed by atoms with Crippen molar-refractivity contribution in [1.82, 2.24) is 15.0 Å². The largest absolute Gasteiger partial charge is 0.479 e. The lowest BCUT2D eigenvalue weighted by atomic mass is 9.77. The number of ether oxygens (including phenoxy) is 1. The topological polar surface area (TPSA) is 141 Å². The van der Waals surface area contributed by atoms with Gasteiger partial charge in [-0.25, -0.2) is 9.78 Å². The van der Waals surface area contributed by atoms with Crippen molar-refractivity contribution in [3.63, 3.8) is 0 Å². The van der Waals surface area contributed by atoms with Crippen LogP contribution in [0.25, 0.3) is 5.57 Å². The van der Waals surface area contributed by atoms with Gasteiger partial charge in [0.05, 0.1) is 24.2 Å². The van der Waals surface area contributed by atoms with E-state index in [0.29, 0.717) is 24.4 Å². The lowest BCUT2D eigenvalue weighted by molar-refractivity contribution is -0.166. The summed E-state index contributed by atoms with van der Waals surface area (Å²) < 4.78 is 5.90. The van der Waals surface area contributed by atoms with Crippen LogP contribution in [0.15, 0.2) is 24.4 Å². The maximum absolute atomic E-state index is 12.9. The number of amides is 1. The zero-order valence-corrected chi connectivity index (χ0v) is 22.1. The fourth-order valence-electron chi connectivity index (χ4n) is 5.05. The van der Waals surface area contributed by atoms with Crippen molar-refractivity contribution < 1.29 is 19.4 Å². The molecule has 3 heterocycles. The molecule has 0 saturated carbocycles. The van der Waals surface area contributed by atoms with Gasteiger partial charge in [0, 0.05) is 11.6 Å². The van der Waals surface area contributed by atoms with Crippen molar-refractivity contribution in [3.8, 4) is 6.07 Å². The van der Waals surface area contributed by atoms with Crippen LogP contribution in [-0.2, 0) is 9.53 Å². The van der Waals surface area contributed by atoms with E-state index >= 15 is 0 Å². The quantitative estimate of drug-likeness (QED) is 0.501. The number of carbonyl (C=O) groups is 2. The minimum Gasteiger partial charge on any atom is -0.479 e. The molecular formula is C28H35N5O4. The van der Waals surface area contributed by atoms with Gasteiger partial charge in [-0.05, 0) is 67.6 Å². The van der Waals surface area contributed by atoms with E-state index < -0.39 is 17.5 Å². The van der Waals surface area contributed by atoms with Crippen LogP contribution in [0, 0.1) is 22.2 Å². The summed E-state index contributed by atoms with van der Waals surface area (Å²) in [6.07, 6.45) is 7.24. The van der Waals surface area contributed by atoms with E-state index in [0.717, 1.165) is 37.0 Å². The van der Waals surface area contributed by atoms with Gasteiger partial charge >= 0.3 is 5.97 Å². The summed E-state index contributed by atoms with van der Waals surface area (Å²) in [5.41, 5.74) is 1.95. The molecular weight excluding hydrogens is 470 g/mol. The first kappa shape index (κ1) is 26.6. The highest BCUT2D eigenvalue weighted by Gasteiger charge is 2.44. The number of H-pyrrole nitrogens is 1. The van der Waals surface area contributed by atoms with Crippen LogP contribution in [0.5, 0.6) is 0 Å². The van der Waals surface area contributed by atoms with E-state index in [9.17, 15) is 14.7 Å². The Morgan fingerprint density at radius 2 is 1.95 bits per heavy atom. The fourth-order valence-corrected chi connectivity index (χ4v) is 5.05. The van der Waals surface area contributed by atoms with Crippen molar-refractivity contribution in [2.45, 2.75) is 78.2 Å². The smallest absolute Gasteiger partial charge is 0.335 e. The molecule has 37 heavy (non-hydrogen) atoms. The Labute approximate surface area is 217 Å². The second-order valence-corrected chi connectivity index (χ2v) is 12.0. The standard InChI is InChI=1S/C28H35N5O4/c1-26(2)10-8-17(9-11-26)22-21(33-24(34)23-30-15-19(14-29)31-23)7-6-20(32-22)18-12-27(3,4)16-37-28(5,13-18)25(35)36/h6-8,15,18H,9-13,16H2,1-5H3,(H,30,31)(H,33,34)(H,35,36). The Morgan fingerprint density at radius 3 is 2.57 bits per heavy atom. The number of imidazole rings is 1. The number of carboxylic acid groups (broad SMARTS) is 1. The summed E-state index contributed by atoms with van der Waals surface area (Å²) in [5.74, 6) is -1.53. The van der Waals surface area contributed by atoms with Crippen molar-refractivity contribution >= 4 is 23.1 Å². The molecule has 2 aromatic heterocycles. The first-order chi connectivity index (χ1) is 17.3. The SMILES string of the molecule is CC1(C)CC=C(c2nc(C3CC(C)(C)COC(C)(C(=O)O)C3)ccc2NC(=O)c2ncc(C#N)[nH]2)CC1. The van der Waals surface area contributed by atoms with Crippen LogP contribution in [0.1, 0.15) is 100 Å². The van der Waals surface area contributed by atoms with Crippen LogP contribution in [0.2, 0.25) is 0 Å². The second kappa shape index (κ2) is 9.75. The highest BCUT2D eigenvalue weighted by molar-refractivity contribution is 6.03. The third kappa shape index (κ3) is 5.91. The zero-order chi connectivity index (χ0) is 27.0. The molecule has 1 amide bonds. The molecule has 0 aromatic carbocycles. The number of hydrogen-bond acceptors (Lipinski definition) is 6. The van der Waals surface area contributed by atoms with Gasteiger partial charge in [0.2, 0.25) is 0 Å². The number of pyridine rings is 1. The molecule has 1 aliphatic carbocycles. The predicted molar refractivity (Wildman–Crippen MR) is 139 cm³/mol. The number of rotatable bonds is 5. The molecule has 1 aliphatic heterocycles. The van der Waals surface area contributed by atoms with Gasteiger partial charge < -0.3 is 20.1 Å². The Morgan fingerprint density at radius 1 is 1.19 bits per heavy atom. The number of aromatic amines is 1. The van der Waals surface area contributed by atoms with Gasteiger partial charge in [-0.15, -0.1) is 0 Å². The average Bonchev–Trinajstić information content (AvgIpc) is 3.27. The van der Waals surface area contributed by atoms with Crippen molar-refractivity contribution in [2.24, 2.45) is 10.8 Å².